The molecule has 4 rings (SSSR count). The maximum atomic E-state index is 13.1. The Labute approximate surface area is 141 Å². The number of rotatable bonds is 2. The van der Waals surface area contributed by atoms with Gasteiger partial charge in [0.15, 0.2) is 5.96 Å². The molecular formula is C16H19N5O2S. The lowest BCUT2D eigenvalue weighted by molar-refractivity contribution is 0.262. The molecule has 3 heterocycles. The minimum atomic E-state index is -3.52. The van der Waals surface area contributed by atoms with Crippen molar-refractivity contribution in [2.24, 2.45) is 4.99 Å². The summed E-state index contributed by atoms with van der Waals surface area (Å²) in [6.07, 6.45) is 3.32. The van der Waals surface area contributed by atoms with E-state index in [1.54, 1.807) is 34.9 Å². The van der Waals surface area contributed by atoms with E-state index in [-0.39, 0.29) is 0 Å². The Morgan fingerprint density at radius 2 is 1.92 bits per heavy atom. The summed E-state index contributed by atoms with van der Waals surface area (Å²) in [7, 11) is -3.52. The second-order valence-electron chi connectivity index (χ2n) is 5.88. The molecule has 0 saturated carbocycles. The van der Waals surface area contributed by atoms with Gasteiger partial charge in [-0.15, -0.1) is 0 Å². The summed E-state index contributed by atoms with van der Waals surface area (Å²) in [4.78, 5) is 10.9. The van der Waals surface area contributed by atoms with Crippen LogP contribution in [-0.2, 0) is 10.0 Å². The van der Waals surface area contributed by atoms with Crippen LogP contribution in [0.5, 0.6) is 0 Å². The van der Waals surface area contributed by atoms with Gasteiger partial charge in [0.2, 0.25) is 10.0 Å². The largest absolute Gasteiger partial charge is 0.354 e. The molecule has 1 fully saturated rings. The second-order valence-corrected chi connectivity index (χ2v) is 7.78. The van der Waals surface area contributed by atoms with Gasteiger partial charge in [-0.05, 0) is 12.1 Å². The molecule has 0 unspecified atom stereocenters. The van der Waals surface area contributed by atoms with E-state index in [1.807, 2.05) is 6.07 Å². The number of fused-ring (bicyclic) bond motifs is 1. The van der Waals surface area contributed by atoms with Gasteiger partial charge >= 0.3 is 0 Å². The first-order valence-electron chi connectivity index (χ1n) is 8.02. The number of aromatic nitrogens is 1. The molecule has 24 heavy (non-hydrogen) atoms. The Balaban J connectivity index is 1.59. The van der Waals surface area contributed by atoms with Crippen LogP contribution in [0.25, 0.3) is 10.8 Å². The van der Waals surface area contributed by atoms with Crippen LogP contribution in [0.2, 0.25) is 0 Å². The predicted octanol–water partition coefficient (Wildman–Crippen LogP) is 0.500. The molecule has 8 heteroatoms. The first-order valence-corrected chi connectivity index (χ1v) is 9.46. The van der Waals surface area contributed by atoms with E-state index in [4.69, 9.17) is 0 Å². The van der Waals surface area contributed by atoms with Gasteiger partial charge in [-0.3, -0.25) is 9.98 Å². The predicted molar refractivity (Wildman–Crippen MR) is 92.4 cm³/mol. The molecule has 0 atom stereocenters. The molecule has 0 radical (unpaired) electrons. The highest BCUT2D eigenvalue weighted by molar-refractivity contribution is 7.89. The Morgan fingerprint density at radius 3 is 2.67 bits per heavy atom. The van der Waals surface area contributed by atoms with E-state index in [0.717, 1.165) is 29.8 Å². The average molecular weight is 345 g/mol. The van der Waals surface area contributed by atoms with Crippen LogP contribution in [0.4, 0.5) is 0 Å². The average Bonchev–Trinajstić information content (AvgIpc) is 3.16. The quantitative estimate of drug-likeness (QED) is 0.858. The van der Waals surface area contributed by atoms with Crippen molar-refractivity contribution in [3.63, 3.8) is 0 Å². The van der Waals surface area contributed by atoms with Gasteiger partial charge in [0.1, 0.15) is 0 Å². The zero-order chi connectivity index (χ0) is 16.6. The number of piperazine rings is 1. The van der Waals surface area contributed by atoms with Gasteiger partial charge in [0.25, 0.3) is 0 Å². The van der Waals surface area contributed by atoms with Gasteiger partial charge < -0.3 is 10.2 Å². The van der Waals surface area contributed by atoms with E-state index in [0.29, 0.717) is 31.1 Å². The highest BCUT2D eigenvalue weighted by Crippen LogP contribution is 2.25. The van der Waals surface area contributed by atoms with Crippen LogP contribution in [0.15, 0.2) is 46.5 Å². The fourth-order valence-corrected chi connectivity index (χ4v) is 4.83. The van der Waals surface area contributed by atoms with Gasteiger partial charge in [0, 0.05) is 55.9 Å². The summed E-state index contributed by atoms with van der Waals surface area (Å²) >= 11 is 0. The molecule has 0 amide bonds. The van der Waals surface area contributed by atoms with Crippen LogP contribution in [0.1, 0.15) is 0 Å². The van der Waals surface area contributed by atoms with Crippen molar-refractivity contribution < 1.29 is 8.42 Å². The van der Waals surface area contributed by atoms with Crippen LogP contribution in [0, 0.1) is 0 Å². The summed E-state index contributed by atoms with van der Waals surface area (Å²) < 4.78 is 27.7. The third kappa shape index (κ3) is 2.61. The molecule has 126 valence electrons. The zero-order valence-electron chi connectivity index (χ0n) is 13.2. The number of benzene rings is 1. The van der Waals surface area contributed by atoms with Crippen LogP contribution in [0.3, 0.4) is 0 Å². The third-order valence-corrected chi connectivity index (χ3v) is 6.41. The van der Waals surface area contributed by atoms with Crippen LogP contribution < -0.4 is 5.32 Å². The Kier molecular flexibility index (Phi) is 3.85. The molecule has 1 aromatic heterocycles. The first kappa shape index (κ1) is 15.3. The van der Waals surface area contributed by atoms with Gasteiger partial charge in [-0.25, -0.2) is 8.42 Å². The number of nitrogens with zero attached hydrogens (tertiary/aromatic N) is 4. The smallest absolute Gasteiger partial charge is 0.243 e. The molecule has 1 aromatic carbocycles. The molecule has 2 aromatic rings. The molecule has 0 spiro atoms. The molecular weight excluding hydrogens is 326 g/mol. The van der Waals surface area contributed by atoms with E-state index in [1.165, 1.54) is 0 Å². The molecule has 2 aliphatic heterocycles. The number of guanidine groups is 1. The topological polar surface area (TPSA) is 77.9 Å². The Bertz CT molecular complexity index is 883. The van der Waals surface area contributed by atoms with E-state index >= 15 is 0 Å². The normalized spacial score (nSPS) is 19.3. The van der Waals surface area contributed by atoms with Crippen molar-refractivity contribution in [3.8, 4) is 0 Å². The number of aliphatic imine (C=N–C) groups is 1. The van der Waals surface area contributed by atoms with Crippen LogP contribution in [-0.4, -0.2) is 67.8 Å². The minimum Gasteiger partial charge on any atom is -0.354 e. The Morgan fingerprint density at radius 1 is 1.08 bits per heavy atom. The second kappa shape index (κ2) is 6.03. The highest BCUT2D eigenvalue weighted by atomic mass is 32.2. The standard InChI is InChI=1S/C16H19N5O2S/c22-24(23,15-3-1-2-13-12-17-5-4-14(13)15)21-10-8-20(9-11-21)16-18-6-7-19-16/h1-5,12H,6-11H2,(H,18,19). The Hall–Kier alpha value is -2.19. The molecule has 7 nitrogen and oxygen atoms in total. The van der Waals surface area contributed by atoms with Crippen molar-refractivity contribution in [3.05, 3.63) is 36.7 Å². The van der Waals surface area contributed by atoms with Gasteiger partial charge in [-0.2, -0.15) is 4.31 Å². The van der Waals surface area contributed by atoms with E-state index < -0.39 is 10.0 Å². The lowest BCUT2D eigenvalue weighted by Gasteiger charge is -2.35. The lowest BCUT2D eigenvalue weighted by atomic mass is 10.2. The minimum absolute atomic E-state index is 0.354. The molecule has 0 bridgehead atoms. The van der Waals surface area contributed by atoms with Crippen LogP contribution >= 0.6 is 0 Å². The monoisotopic (exact) mass is 345 g/mol. The summed E-state index contributed by atoms with van der Waals surface area (Å²) in [6.45, 7) is 3.87. The number of hydrogen-bond donors (Lipinski definition) is 1. The maximum absolute atomic E-state index is 13.1. The fourth-order valence-electron chi connectivity index (χ4n) is 3.19. The zero-order valence-corrected chi connectivity index (χ0v) is 14.0. The molecule has 1 saturated heterocycles. The molecule has 1 N–H and O–H groups in total. The summed E-state index contributed by atoms with van der Waals surface area (Å²) in [5.41, 5.74) is 0. The molecule has 0 aliphatic carbocycles. The van der Waals surface area contributed by atoms with Crippen molar-refractivity contribution in [1.29, 1.82) is 0 Å². The lowest BCUT2D eigenvalue weighted by Crippen LogP contribution is -2.52. The van der Waals surface area contributed by atoms with Crippen molar-refractivity contribution in [1.82, 2.24) is 19.5 Å². The van der Waals surface area contributed by atoms with E-state index in [2.05, 4.69) is 20.2 Å². The maximum Gasteiger partial charge on any atom is 0.243 e. The highest BCUT2D eigenvalue weighted by Gasteiger charge is 2.31. The summed E-state index contributed by atoms with van der Waals surface area (Å²) in [6, 6.07) is 7.08. The van der Waals surface area contributed by atoms with Crippen molar-refractivity contribution in [2.45, 2.75) is 4.90 Å². The third-order valence-electron chi connectivity index (χ3n) is 4.45. The SMILES string of the molecule is O=S(=O)(c1cccc2cnccc12)N1CCN(C2=NCCN2)CC1. The van der Waals surface area contributed by atoms with Crippen molar-refractivity contribution in [2.75, 3.05) is 39.3 Å². The summed E-state index contributed by atoms with van der Waals surface area (Å²) in [5, 5.41) is 4.79. The fraction of sp³-hybridized carbons (Fsp3) is 0.375. The summed E-state index contributed by atoms with van der Waals surface area (Å²) in [5.74, 6) is 0.892. The van der Waals surface area contributed by atoms with Gasteiger partial charge in [0.05, 0.1) is 11.4 Å². The number of nitrogens with one attached hydrogen (secondary N) is 1. The molecule has 2 aliphatic rings. The first-order chi connectivity index (χ1) is 11.7. The van der Waals surface area contributed by atoms with Gasteiger partial charge in [-0.1, -0.05) is 12.1 Å². The number of pyridine rings is 1. The van der Waals surface area contributed by atoms with E-state index in [9.17, 15) is 8.42 Å². The number of sulfonamides is 1. The van der Waals surface area contributed by atoms with Crippen molar-refractivity contribution >= 4 is 26.8 Å². The number of hydrogen-bond acceptors (Lipinski definition) is 6.